The highest BCUT2D eigenvalue weighted by Crippen LogP contribution is 2.65. The molecule has 4 heteroatoms. The maximum absolute atomic E-state index is 12.2. The van der Waals surface area contributed by atoms with Crippen LogP contribution in [0.25, 0.3) is 0 Å². The number of hydrogen-bond acceptors (Lipinski definition) is 3. The Balaban J connectivity index is 1.40. The monoisotopic (exact) mass is 287 g/mol. The predicted octanol–water partition coefficient (Wildman–Crippen LogP) is 1.87. The van der Waals surface area contributed by atoms with E-state index in [1.807, 2.05) is 11.4 Å². The Labute approximate surface area is 122 Å². The molecule has 4 atom stereocenters. The smallest absolute Gasteiger partial charge is 0.252 e. The van der Waals surface area contributed by atoms with Gasteiger partial charge in [-0.3, -0.25) is 4.79 Å². The van der Waals surface area contributed by atoms with Crippen molar-refractivity contribution in [3.8, 4) is 11.8 Å². The number of aliphatic hydroxyl groups excluding tert-OH is 1. The van der Waals surface area contributed by atoms with Crippen LogP contribution in [0.1, 0.15) is 34.5 Å². The third kappa shape index (κ3) is 1.88. The summed E-state index contributed by atoms with van der Waals surface area (Å²) >= 11 is 1.45. The molecule has 3 nitrogen and oxygen atoms in total. The van der Waals surface area contributed by atoms with E-state index in [9.17, 15) is 4.79 Å². The van der Waals surface area contributed by atoms with Crippen LogP contribution in [0.5, 0.6) is 0 Å². The number of fused-ring (bicyclic) bond motifs is 5. The number of nitrogens with one attached hydrogen (secondary N) is 1. The molecule has 2 bridgehead atoms. The molecule has 104 valence electrons. The lowest BCUT2D eigenvalue weighted by Crippen LogP contribution is -2.29. The molecule has 2 N–H and O–H groups in total. The number of aliphatic hydroxyl groups is 1. The molecule has 3 fully saturated rings. The lowest BCUT2D eigenvalue weighted by Gasteiger charge is -2.09. The molecule has 0 radical (unpaired) electrons. The van der Waals surface area contributed by atoms with E-state index >= 15 is 0 Å². The quantitative estimate of drug-likeness (QED) is 0.816. The summed E-state index contributed by atoms with van der Waals surface area (Å²) in [6.07, 6.45) is 4.15. The van der Waals surface area contributed by atoms with E-state index in [4.69, 9.17) is 5.11 Å². The maximum Gasteiger partial charge on any atom is 0.252 e. The van der Waals surface area contributed by atoms with Gasteiger partial charge in [0.15, 0.2) is 0 Å². The normalized spacial score (nSPS) is 36.1. The molecule has 0 spiro atoms. The molecule has 3 aliphatic carbocycles. The summed E-state index contributed by atoms with van der Waals surface area (Å²) in [4.78, 5) is 13.1. The highest BCUT2D eigenvalue weighted by atomic mass is 32.1. The first-order chi connectivity index (χ1) is 9.78. The summed E-state index contributed by atoms with van der Waals surface area (Å²) in [6.45, 7) is -0.145. The van der Waals surface area contributed by atoms with Gasteiger partial charge in [-0.2, -0.15) is 0 Å². The van der Waals surface area contributed by atoms with Crippen LogP contribution in [0.2, 0.25) is 0 Å². The minimum atomic E-state index is -0.145. The number of carbonyl (C=O) groups is 1. The highest BCUT2D eigenvalue weighted by molar-refractivity contribution is 7.10. The van der Waals surface area contributed by atoms with Gasteiger partial charge in [-0.15, -0.1) is 11.3 Å². The van der Waals surface area contributed by atoms with Crippen molar-refractivity contribution < 1.29 is 9.90 Å². The van der Waals surface area contributed by atoms with E-state index in [0.717, 1.165) is 28.5 Å². The molecule has 1 amide bonds. The third-order valence-electron chi connectivity index (χ3n) is 5.19. The first kappa shape index (κ1) is 12.4. The largest absolute Gasteiger partial charge is 0.384 e. The van der Waals surface area contributed by atoms with Crippen LogP contribution < -0.4 is 5.32 Å². The van der Waals surface area contributed by atoms with E-state index in [-0.39, 0.29) is 12.5 Å². The van der Waals surface area contributed by atoms with Gasteiger partial charge in [-0.25, -0.2) is 0 Å². The van der Waals surface area contributed by atoms with Crippen molar-refractivity contribution >= 4 is 17.2 Å². The molecule has 3 saturated carbocycles. The second kappa shape index (κ2) is 4.61. The zero-order chi connectivity index (χ0) is 13.7. The number of amides is 1. The van der Waals surface area contributed by atoms with Crippen LogP contribution in [0, 0.1) is 35.5 Å². The number of hydrogen-bond donors (Lipinski definition) is 2. The van der Waals surface area contributed by atoms with Crippen LogP contribution >= 0.6 is 11.3 Å². The van der Waals surface area contributed by atoms with Gasteiger partial charge in [-0.1, -0.05) is 11.8 Å². The first-order valence-electron chi connectivity index (χ1n) is 7.27. The molecule has 4 rings (SSSR count). The van der Waals surface area contributed by atoms with Gasteiger partial charge in [0, 0.05) is 11.4 Å². The van der Waals surface area contributed by atoms with Gasteiger partial charge in [0.1, 0.15) is 6.61 Å². The van der Waals surface area contributed by atoms with E-state index in [1.165, 1.54) is 30.6 Å². The summed E-state index contributed by atoms with van der Waals surface area (Å²) in [5.74, 6) is 8.78. The zero-order valence-corrected chi connectivity index (χ0v) is 12.0. The van der Waals surface area contributed by atoms with Gasteiger partial charge < -0.3 is 10.4 Å². The van der Waals surface area contributed by atoms with Crippen molar-refractivity contribution in [3.05, 3.63) is 21.9 Å². The van der Waals surface area contributed by atoms with Crippen molar-refractivity contribution in [1.29, 1.82) is 0 Å². The Kier molecular flexibility index (Phi) is 2.87. The van der Waals surface area contributed by atoms with E-state index in [2.05, 4.69) is 17.2 Å². The number of carbonyl (C=O) groups excluding carboxylic acids is 1. The molecule has 3 aliphatic rings. The van der Waals surface area contributed by atoms with Crippen LogP contribution in [-0.4, -0.2) is 23.7 Å². The fourth-order valence-corrected chi connectivity index (χ4v) is 5.16. The standard InChI is InChI=1S/C16H17NO2S/c18-5-1-2-12-7-11(8-20-12)16(19)17-15-13-9-3-4-10(6-9)14(13)15/h7-10,13-15,18H,3-6H2,(H,17,19). The molecule has 0 aromatic carbocycles. The van der Waals surface area contributed by atoms with Gasteiger partial charge in [0.25, 0.3) is 5.91 Å². The zero-order valence-electron chi connectivity index (χ0n) is 11.1. The van der Waals surface area contributed by atoms with Gasteiger partial charge >= 0.3 is 0 Å². The molecule has 0 aliphatic heterocycles. The van der Waals surface area contributed by atoms with Crippen molar-refractivity contribution in [2.75, 3.05) is 6.61 Å². The molecular weight excluding hydrogens is 270 g/mol. The summed E-state index contributed by atoms with van der Waals surface area (Å²) < 4.78 is 0. The third-order valence-corrected chi connectivity index (χ3v) is 6.03. The maximum atomic E-state index is 12.2. The fraction of sp³-hybridized carbons (Fsp3) is 0.562. The predicted molar refractivity (Wildman–Crippen MR) is 77.3 cm³/mol. The minimum absolute atomic E-state index is 0.0390. The number of rotatable bonds is 2. The molecule has 4 unspecified atom stereocenters. The molecule has 1 heterocycles. The lowest BCUT2D eigenvalue weighted by molar-refractivity contribution is 0.0944. The van der Waals surface area contributed by atoms with E-state index in [0.29, 0.717) is 11.6 Å². The molecule has 1 aromatic rings. The second-order valence-electron chi connectivity index (χ2n) is 6.15. The Bertz CT molecular complexity index is 595. The van der Waals surface area contributed by atoms with Crippen molar-refractivity contribution in [2.24, 2.45) is 23.7 Å². The Morgan fingerprint density at radius 1 is 1.40 bits per heavy atom. The Morgan fingerprint density at radius 3 is 2.85 bits per heavy atom. The average Bonchev–Trinajstić information content (AvgIpc) is 2.90. The highest BCUT2D eigenvalue weighted by Gasteiger charge is 2.65. The first-order valence-corrected chi connectivity index (χ1v) is 8.15. The summed E-state index contributed by atoms with van der Waals surface area (Å²) in [7, 11) is 0. The second-order valence-corrected chi connectivity index (χ2v) is 7.06. The van der Waals surface area contributed by atoms with Crippen LogP contribution in [-0.2, 0) is 0 Å². The van der Waals surface area contributed by atoms with Gasteiger partial charge in [-0.05, 0) is 49.0 Å². The minimum Gasteiger partial charge on any atom is -0.384 e. The van der Waals surface area contributed by atoms with Crippen LogP contribution in [0.4, 0.5) is 0 Å². The van der Waals surface area contributed by atoms with Gasteiger partial charge in [0.05, 0.1) is 10.4 Å². The number of thiophene rings is 1. The fourth-order valence-electron chi connectivity index (χ4n) is 4.40. The van der Waals surface area contributed by atoms with E-state index in [1.54, 1.807) is 0 Å². The SMILES string of the molecule is O=C(NC1C2C3CCC(C3)C12)c1csc(C#CCO)c1. The topological polar surface area (TPSA) is 49.3 Å². The Hall–Kier alpha value is -1.31. The molecular formula is C16H17NO2S. The Morgan fingerprint density at radius 2 is 2.15 bits per heavy atom. The van der Waals surface area contributed by atoms with Crippen molar-refractivity contribution in [1.82, 2.24) is 5.32 Å². The van der Waals surface area contributed by atoms with Crippen LogP contribution in [0.15, 0.2) is 11.4 Å². The van der Waals surface area contributed by atoms with Crippen molar-refractivity contribution in [2.45, 2.75) is 25.3 Å². The van der Waals surface area contributed by atoms with Crippen molar-refractivity contribution in [3.63, 3.8) is 0 Å². The van der Waals surface area contributed by atoms with E-state index < -0.39 is 0 Å². The summed E-state index contributed by atoms with van der Waals surface area (Å²) in [5, 5.41) is 13.7. The lowest BCUT2D eigenvalue weighted by atomic mass is 10.0. The summed E-state index contributed by atoms with van der Waals surface area (Å²) in [6, 6.07) is 2.25. The molecule has 0 saturated heterocycles. The van der Waals surface area contributed by atoms with Gasteiger partial charge in [0.2, 0.25) is 0 Å². The van der Waals surface area contributed by atoms with Crippen LogP contribution in [0.3, 0.4) is 0 Å². The molecule has 20 heavy (non-hydrogen) atoms. The average molecular weight is 287 g/mol. The summed E-state index contributed by atoms with van der Waals surface area (Å²) in [5.41, 5.74) is 0.703. The molecule has 1 aromatic heterocycles.